The summed E-state index contributed by atoms with van der Waals surface area (Å²) in [5.74, 6) is 0. The van der Waals surface area contributed by atoms with E-state index in [9.17, 15) is 0 Å². The topological polar surface area (TPSA) is 56.7 Å². The van der Waals surface area contributed by atoms with E-state index in [1.807, 2.05) is 10.9 Å². The SMILES string of the molecule is CCCCCCn1nncc1CCCCN. The summed E-state index contributed by atoms with van der Waals surface area (Å²) in [5, 5.41) is 8.11. The minimum absolute atomic E-state index is 0.776. The molecule has 0 aliphatic rings. The molecule has 0 spiro atoms. The molecule has 0 fully saturated rings. The van der Waals surface area contributed by atoms with Crippen molar-refractivity contribution in [3.63, 3.8) is 0 Å². The van der Waals surface area contributed by atoms with Crippen molar-refractivity contribution in [1.29, 1.82) is 0 Å². The van der Waals surface area contributed by atoms with Crippen molar-refractivity contribution >= 4 is 0 Å². The van der Waals surface area contributed by atoms with Gasteiger partial charge in [-0.2, -0.15) is 0 Å². The van der Waals surface area contributed by atoms with Gasteiger partial charge in [0.05, 0.1) is 11.9 Å². The maximum atomic E-state index is 5.48. The van der Waals surface area contributed by atoms with Gasteiger partial charge < -0.3 is 5.73 Å². The highest BCUT2D eigenvalue weighted by molar-refractivity contribution is 4.93. The van der Waals surface area contributed by atoms with Crippen molar-refractivity contribution in [3.05, 3.63) is 11.9 Å². The van der Waals surface area contributed by atoms with E-state index in [1.165, 1.54) is 31.4 Å². The quantitative estimate of drug-likeness (QED) is 0.654. The average Bonchev–Trinajstić information content (AvgIpc) is 2.73. The molecule has 2 N–H and O–H groups in total. The molecular weight excluding hydrogens is 200 g/mol. The highest BCUT2D eigenvalue weighted by Crippen LogP contribution is 2.06. The van der Waals surface area contributed by atoms with E-state index < -0.39 is 0 Å². The first kappa shape index (κ1) is 13.2. The molecule has 0 aromatic carbocycles. The summed E-state index contributed by atoms with van der Waals surface area (Å²) < 4.78 is 2.05. The van der Waals surface area contributed by atoms with Crippen molar-refractivity contribution in [2.45, 2.75) is 58.4 Å². The van der Waals surface area contributed by atoms with Gasteiger partial charge in [0.2, 0.25) is 0 Å². The zero-order valence-electron chi connectivity index (χ0n) is 10.4. The predicted octanol–water partition coefficient (Wildman–Crippen LogP) is 2.14. The van der Waals surface area contributed by atoms with E-state index >= 15 is 0 Å². The smallest absolute Gasteiger partial charge is 0.0725 e. The van der Waals surface area contributed by atoms with Crippen LogP contribution < -0.4 is 5.73 Å². The second-order valence-electron chi connectivity index (χ2n) is 4.25. The summed E-state index contributed by atoms with van der Waals surface area (Å²) in [4.78, 5) is 0. The summed E-state index contributed by atoms with van der Waals surface area (Å²) >= 11 is 0. The summed E-state index contributed by atoms with van der Waals surface area (Å²) in [7, 11) is 0. The molecule has 0 aliphatic carbocycles. The van der Waals surface area contributed by atoms with E-state index in [2.05, 4.69) is 17.2 Å². The number of nitrogens with zero attached hydrogens (tertiary/aromatic N) is 3. The fourth-order valence-corrected chi connectivity index (χ4v) is 1.80. The Morgan fingerprint density at radius 1 is 1.19 bits per heavy atom. The minimum atomic E-state index is 0.776. The Morgan fingerprint density at radius 2 is 2.06 bits per heavy atom. The van der Waals surface area contributed by atoms with Gasteiger partial charge in [-0.15, -0.1) is 5.10 Å². The van der Waals surface area contributed by atoms with Crippen molar-refractivity contribution in [3.8, 4) is 0 Å². The van der Waals surface area contributed by atoms with Gasteiger partial charge in [-0.25, -0.2) is 4.68 Å². The van der Waals surface area contributed by atoms with Crippen LogP contribution in [0.2, 0.25) is 0 Å². The van der Waals surface area contributed by atoms with Crippen LogP contribution in [0.1, 0.15) is 51.1 Å². The Kier molecular flexibility index (Phi) is 6.81. The number of rotatable bonds is 9. The molecule has 0 atom stereocenters. The standard InChI is InChI=1S/C12H24N4/c1-2-3-4-7-10-16-12(11-14-15-16)8-5-6-9-13/h11H,2-10,13H2,1H3. The molecule has 1 rings (SSSR count). The lowest BCUT2D eigenvalue weighted by molar-refractivity contribution is 0.507. The normalized spacial score (nSPS) is 10.9. The lowest BCUT2D eigenvalue weighted by Gasteiger charge is -2.05. The first-order chi connectivity index (χ1) is 7.88. The third-order valence-corrected chi connectivity index (χ3v) is 2.81. The Hall–Kier alpha value is -0.900. The molecule has 0 bridgehead atoms. The minimum Gasteiger partial charge on any atom is -0.330 e. The molecule has 1 heterocycles. The Bertz CT molecular complexity index is 270. The lowest BCUT2D eigenvalue weighted by atomic mass is 10.2. The zero-order chi connectivity index (χ0) is 11.6. The summed E-state index contributed by atoms with van der Waals surface area (Å²) in [5.41, 5.74) is 6.74. The highest BCUT2D eigenvalue weighted by atomic mass is 15.4. The average molecular weight is 224 g/mol. The monoisotopic (exact) mass is 224 g/mol. The molecule has 0 saturated carbocycles. The second-order valence-corrected chi connectivity index (χ2v) is 4.25. The molecule has 0 unspecified atom stereocenters. The summed E-state index contributed by atoms with van der Waals surface area (Å²) in [6.07, 6.45) is 10.3. The third-order valence-electron chi connectivity index (χ3n) is 2.81. The molecule has 0 saturated heterocycles. The Morgan fingerprint density at radius 3 is 2.81 bits per heavy atom. The van der Waals surface area contributed by atoms with E-state index in [1.54, 1.807) is 0 Å². The first-order valence-electron chi connectivity index (χ1n) is 6.46. The van der Waals surface area contributed by atoms with E-state index in [0.717, 1.165) is 32.4 Å². The lowest BCUT2D eigenvalue weighted by Crippen LogP contribution is -2.06. The van der Waals surface area contributed by atoms with Crippen molar-refractivity contribution in [1.82, 2.24) is 15.0 Å². The molecule has 4 heteroatoms. The number of hydrogen-bond donors (Lipinski definition) is 1. The van der Waals surface area contributed by atoms with Crippen LogP contribution in [0.4, 0.5) is 0 Å². The zero-order valence-corrected chi connectivity index (χ0v) is 10.4. The van der Waals surface area contributed by atoms with E-state index in [0.29, 0.717) is 0 Å². The van der Waals surface area contributed by atoms with Crippen LogP contribution in [-0.4, -0.2) is 21.5 Å². The van der Waals surface area contributed by atoms with Crippen LogP contribution in [-0.2, 0) is 13.0 Å². The number of nitrogens with two attached hydrogens (primary N) is 1. The van der Waals surface area contributed by atoms with Gasteiger partial charge in [0, 0.05) is 6.54 Å². The number of aromatic nitrogens is 3. The van der Waals surface area contributed by atoms with Crippen molar-refractivity contribution in [2.24, 2.45) is 5.73 Å². The van der Waals surface area contributed by atoms with Gasteiger partial charge in [-0.05, 0) is 32.2 Å². The fourth-order valence-electron chi connectivity index (χ4n) is 1.80. The van der Waals surface area contributed by atoms with E-state index in [-0.39, 0.29) is 0 Å². The molecule has 0 aliphatic heterocycles. The van der Waals surface area contributed by atoms with Crippen molar-refractivity contribution < 1.29 is 0 Å². The summed E-state index contributed by atoms with van der Waals surface area (Å²) in [6, 6.07) is 0. The number of aryl methyl sites for hydroxylation is 2. The van der Waals surface area contributed by atoms with Gasteiger partial charge in [0.25, 0.3) is 0 Å². The van der Waals surface area contributed by atoms with Crippen LogP contribution in [0.15, 0.2) is 6.20 Å². The van der Waals surface area contributed by atoms with Crippen LogP contribution in [0, 0.1) is 0 Å². The largest absolute Gasteiger partial charge is 0.330 e. The van der Waals surface area contributed by atoms with Crippen LogP contribution in [0.25, 0.3) is 0 Å². The van der Waals surface area contributed by atoms with Crippen LogP contribution >= 0.6 is 0 Å². The molecule has 1 aromatic rings. The number of hydrogen-bond acceptors (Lipinski definition) is 3. The number of unbranched alkanes of at least 4 members (excludes halogenated alkanes) is 4. The Balaban J connectivity index is 2.26. The predicted molar refractivity (Wildman–Crippen MR) is 66.2 cm³/mol. The molecule has 4 nitrogen and oxygen atoms in total. The van der Waals surface area contributed by atoms with Crippen LogP contribution in [0.5, 0.6) is 0 Å². The van der Waals surface area contributed by atoms with Gasteiger partial charge in [0.15, 0.2) is 0 Å². The van der Waals surface area contributed by atoms with Gasteiger partial charge >= 0.3 is 0 Å². The summed E-state index contributed by atoms with van der Waals surface area (Å²) in [6.45, 7) is 4.02. The van der Waals surface area contributed by atoms with Crippen molar-refractivity contribution in [2.75, 3.05) is 6.54 Å². The highest BCUT2D eigenvalue weighted by Gasteiger charge is 2.02. The van der Waals surface area contributed by atoms with Gasteiger partial charge in [-0.1, -0.05) is 31.4 Å². The maximum Gasteiger partial charge on any atom is 0.0725 e. The molecule has 16 heavy (non-hydrogen) atoms. The van der Waals surface area contributed by atoms with Crippen LogP contribution in [0.3, 0.4) is 0 Å². The fraction of sp³-hybridized carbons (Fsp3) is 0.833. The van der Waals surface area contributed by atoms with E-state index in [4.69, 9.17) is 5.73 Å². The second kappa shape index (κ2) is 8.28. The molecular formula is C12H24N4. The molecule has 0 radical (unpaired) electrons. The molecule has 1 aromatic heterocycles. The first-order valence-corrected chi connectivity index (χ1v) is 6.46. The Labute approximate surface area is 98.2 Å². The molecule has 0 amide bonds. The van der Waals surface area contributed by atoms with Gasteiger partial charge in [-0.3, -0.25) is 0 Å². The third kappa shape index (κ3) is 4.75. The molecule has 92 valence electrons. The maximum absolute atomic E-state index is 5.48. The van der Waals surface area contributed by atoms with Gasteiger partial charge in [0.1, 0.15) is 0 Å².